The highest BCUT2D eigenvalue weighted by molar-refractivity contribution is 5.72. The van der Waals surface area contributed by atoms with Gasteiger partial charge in [-0.1, -0.05) is 77.8 Å². The normalized spacial score (nSPS) is 12.0. The van der Waals surface area contributed by atoms with Crippen molar-refractivity contribution in [2.75, 3.05) is 145 Å². The van der Waals surface area contributed by atoms with E-state index in [2.05, 4.69) is 26.0 Å². The van der Waals surface area contributed by atoms with Crippen LogP contribution in [-0.2, 0) is 63.3 Å². The largest absolute Gasteiger partial charge is 0.491 e. The summed E-state index contributed by atoms with van der Waals surface area (Å²) >= 11 is 0. The number of aryl methyl sites for hydroxylation is 1. The van der Waals surface area contributed by atoms with E-state index in [-0.39, 0.29) is 18.5 Å². The van der Waals surface area contributed by atoms with Crippen LogP contribution in [0.1, 0.15) is 90.5 Å². The summed E-state index contributed by atoms with van der Waals surface area (Å²) in [4.78, 5) is 12.0. The molecule has 0 saturated carbocycles. The van der Waals surface area contributed by atoms with Crippen molar-refractivity contribution in [2.45, 2.75) is 91.4 Å². The van der Waals surface area contributed by atoms with Crippen LogP contribution in [0.4, 0.5) is 0 Å². The van der Waals surface area contributed by atoms with Gasteiger partial charge < -0.3 is 56.8 Å². The molecule has 0 aliphatic carbocycles. The van der Waals surface area contributed by atoms with E-state index < -0.39 is 0 Å². The molecule has 0 spiro atoms. The molecule has 0 amide bonds. The van der Waals surface area contributed by atoms with E-state index in [1.165, 1.54) is 44.1 Å². The van der Waals surface area contributed by atoms with E-state index in [4.69, 9.17) is 56.8 Å². The highest BCUT2D eigenvalue weighted by atomic mass is 16.6. The van der Waals surface area contributed by atoms with Crippen molar-refractivity contribution < 1.29 is 61.6 Å². The molecule has 13 heteroatoms. The third-order valence-corrected chi connectivity index (χ3v) is 8.79. The van der Waals surface area contributed by atoms with Crippen LogP contribution in [0.25, 0.3) is 0 Å². The number of esters is 1. The molecule has 0 saturated heterocycles. The summed E-state index contributed by atoms with van der Waals surface area (Å²) in [5.41, 5.74) is 1.38. The van der Waals surface area contributed by atoms with Gasteiger partial charge in [0, 0.05) is 0 Å². The van der Waals surface area contributed by atoms with E-state index in [0.29, 0.717) is 139 Å². The Morgan fingerprint density at radius 1 is 0.421 bits per heavy atom. The molecular weight excluding hydrogens is 736 g/mol. The molecule has 0 heterocycles. The molecular formula is C44H80O13. The molecule has 1 aromatic rings. The summed E-state index contributed by atoms with van der Waals surface area (Å²) < 4.78 is 66.3. The van der Waals surface area contributed by atoms with Crippen molar-refractivity contribution >= 4 is 5.97 Å². The molecule has 1 rings (SSSR count). The number of carbonyl (C=O) groups excluding carboxylic acids is 1. The zero-order chi connectivity index (χ0) is 41.0. The van der Waals surface area contributed by atoms with Gasteiger partial charge in [0.05, 0.1) is 138 Å². The summed E-state index contributed by atoms with van der Waals surface area (Å²) in [6, 6.07) is 8.43. The van der Waals surface area contributed by atoms with E-state index in [1.807, 2.05) is 19.1 Å². The second kappa shape index (κ2) is 43.7. The van der Waals surface area contributed by atoms with E-state index in [0.717, 1.165) is 37.9 Å². The van der Waals surface area contributed by atoms with Crippen molar-refractivity contribution in [3.63, 3.8) is 0 Å². The number of unbranched alkanes of at least 4 members (excludes halogenated alkanes) is 6. The molecule has 0 aliphatic heterocycles. The minimum atomic E-state index is -0.120. The van der Waals surface area contributed by atoms with Crippen LogP contribution in [0.3, 0.4) is 0 Å². The summed E-state index contributed by atoms with van der Waals surface area (Å²) in [6.07, 6.45) is 12.9. The van der Waals surface area contributed by atoms with E-state index >= 15 is 0 Å². The third-order valence-electron chi connectivity index (χ3n) is 8.79. The fourth-order valence-corrected chi connectivity index (χ4v) is 5.42. The van der Waals surface area contributed by atoms with E-state index in [9.17, 15) is 4.79 Å². The molecule has 0 N–H and O–H groups in total. The molecule has 13 nitrogen and oxygen atoms in total. The first-order valence-corrected chi connectivity index (χ1v) is 21.9. The lowest BCUT2D eigenvalue weighted by atomic mass is 10.00. The maximum Gasteiger partial charge on any atom is 0.308 e. The molecule has 57 heavy (non-hydrogen) atoms. The number of carbonyl (C=O) groups is 1. The molecule has 334 valence electrons. The number of rotatable bonds is 46. The Bertz CT molecular complexity index is 953. The number of ether oxygens (including phenoxy) is 12. The molecule has 1 aromatic carbocycles. The Labute approximate surface area is 345 Å². The first kappa shape index (κ1) is 53.1. The highest BCUT2D eigenvalue weighted by Crippen LogP contribution is 2.16. The Morgan fingerprint density at radius 3 is 1.16 bits per heavy atom. The quantitative estimate of drug-likeness (QED) is 0.0501. The van der Waals surface area contributed by atoms with Crippen LogP contribution in [0.15, 0.2) is 24.3 Å². The summed E-state index contributed by atoms with van der Waals surface area (Å²) in [6.45, 7) is 17.1. The van der Waals surface area contributed by atoms with Gasteiger partial charge in [0.15, 0.2) is 0 Å². The van der Waals surface area contributed by atoms with Gasteiger partial charge in [-0.25, -0.2) is 0 Å². The van der Waals surface area contributed by atoms with Crippen LogP contribution >= 0.6 is 0 Å². The maximum absolute atomic E-state index is 12.0. The maximum atomic E-state index is 12.0. The average Bonchev–Trinajstić information content (AvgIpc) is 3.23. The zero-order valence-corrected chi connectivity index (χ0v) is 36.0. The van der Waals surface area contributed by atoms with Gasteiger partial charge in [0.2, 0.25) is 0 Å². The molecule has 0 radical (unpaired) electrons. The smallest absolute Gasteiger partial charge is 0.308 e. The Morgan fingerprint density at radius 2 is 0.772 bits per heavy atom. The monoisotopic (exact) mass is 817 g/mol. The van der Waals surface area contributed by atoms with Crippen molar-refractivity contribution in [3.8, 4) is 5.75 Å². The topological polar surface area (TPSA) is 128 Å². The van der Waals surface area contributed by atoms with Gasteiger partial charge in [0.1, 0.15) is 19.0 Å². The lowest BCUT2D eigenvalue weighted by Crippen LogP contribution is -2.20. The van der Waals surface area contributed by atoms with Gasteiger partial charge in [0.25, 0.3) is 0 Å². The van der Waals surface area contributed by atoms with Crippen LogP contribution in [-0.4, -0.2) is 151 Å². The van der Waals surface area contributed by atoms with Gasteiger partial charge in [-0.3, -0.25) is 4.79 Å². The second-order valence-corrected chi connectivity index (χ2v) is 13.5. The van der Waals surface area contributed by atoms with Crippen molar-refractivity contribution in [2.24, 2.45) is 5.92 Å². The van der Waals surface area contributed by atoms with E-state index in [1.54, 1.807) is 0 Å². The molecule has 0 aromatic heterocycles. The Kier molecular flexibility index (Phi) is 40.7. The lowest BCUT2D eigenvalue weighted by Gasteiger charge is -2.13. The Balaban J connectivity index is 1.69. The first-order chi connectivity index (χ1) is 28.2. The standard InChI is InChI=1S/C44H80O13/c1-4-7-9-10-11-12-13-41-15-17-43(18-16-41)56-39-37-54-35-33-52-31-29-50-27-25-48-23-21-46-19-20-47-22-24-49-26-28-51-30-32-53-34-36-55-38-40-57-44(45)42(6-3)14-8-5-2/h15-18,42H,4-14,19-40H2,1-3H3. The van der Waals surface area contributed by atoms with Gasteiger partial charge in [-0.2, -0.15) is 0 Å². The number of hydrogen-bond acceptors (Lipinski definition) is 13. The molecule has 0 fully saturated rings. The summed E-state index contributed by atoms with van der Waals surface area (Å²) in [5.74, 6) is 0.758. The van der Waals surface area contributed by atoms with Crippen LogP contribution < -0.4 is 4.74 Å². The fourth-order valence-electron chi connectivity index (χ4n) is 5.42. The van der Waals surface area contributed by atoms with Crippen molar-refractivity contribution in [3.05, 3.63) is 29.8 Å². The molecule has 0 bridgehead atoms. The minimum absolute atomic E-state index is 0.00482. The molecule has 0 aliphatic rings. The fraction of sp³-hybridized carbons (Fsp3) is 0.841. The van der Waals surface area contributed by atoms with Crippen molar-refractivity contribution in [1.82, 2.24) is 0 Å². The number of benzene rings is 1. The first-order valence-electron chi connectivity index (χ1n) is 21.9. The summed E-state index contributed by atoms with van der Waals surface area (Å²) in [7, 11) is 0. The van der Waals surface area contributed by atoms with Crippen LogP contribution in [0.5, 0.6) is 5.75 Å². The SMILES string of the molecule is CCCCCCCCc1ccc(OCCOCCOCCOCCOCCOCCOCCOCCOCCOCCOCCOC(=O)C(CC)CCCC)cc1. The zero-order valence-electron chi connectivity index (χ0n) is 36.0. The third kappa shape index (κ3) is 36.9. The summed E-state index contributed by atoms with van der Waals surface area (Å²) in [5, 5.41) is 0. The predicted molar refractivity (Wildman–Crippen MR) is 221 cm³/mol. The van der Waals surface area contributed by atoms with Crippen molar-refractivity contribution in [1.29, 1.82) is 0 Å². The average molecular weight is 817 g/mol. The van der Waals surface area contributed by atoms with Crippen LogP contribution in [0, 0.1) is 5.92 Å². The highest BCUT2D eigenvalue weighted by Gasteiger charge is 2.17. The molecule has 1 atom stereocenters. The lowest BCUT2D eigenvalue weighted by molar-refractivity contribution is -0.150. The number of hydrogen-bond donors (Lipinski definition) is 0. The van der Waals surface area contributed by atoms with Gasteiger partial charge >= 0.3 is 5.97 Å². The Hall–Kier alpha value is -1.91. The van der Waals surface area contributed by atoms with Gasteiger partial charge in [-0.05, 0) is 43.4 Å². The second-order valence-electron chi connectivity index (χ2n) is 13.5. The molecule has 1 unspecified atom stereocenters. The predicted octanol–water partition coefficient (Wildman–Crippen LogP) is 6.89. The van der Waals surface area contributed by atoms with Crippen LogP contribution in [0.2, 0.25) is 0 Å². The van der Waals surface area contributed by atoms with Gasteiger partial charge in [-0.15, -0.1) is 0 Å². The minimum Gasteiger partial charge on any atom is -0.491 e.